The molecule has 5 nitrogen and oxygen atoms in total. The van der Waals surface area contributed by atoms with E-state index in [9.17, 15) is 4.79 Å². The van der Waals surface area contributed by atoms with Crippen molar-refractivity contribution in [2.75, 3.05) is 39.3 Å². The third kappa shape index (κ3) is 4.26. The second-order valence-electron chi connectivity index (χ2n) is 5.18. The minimum atomic E-state index is -0.501. The topological polar surface area (TPSA) is 67.6 Å². The molecule has 0 spiro atoms. The fourth-order valence-corrected chi connectivity index (χ4v) is 1.73. The van der Waals surface area contributed by atoms with Gasteiger partial charge in [-0.3, -0.25) is 9.69 Å². The van der Waals surface area contributed by atoms with E-state index in [1.165, 1.54) is 0 Å². The number of nitrogens with zero attached hydrogens (tertiary/aromatic N) is 1. The number of hydrogen-bond donors (Lipinski definition) is 2. The fourth-order valence-electron chi connectivity index (χ4n) is 1.73. The predicted molar refractivity (Wildman–Crippen MR) is 67.7 cm³/mol. The van der Waals surface area contributed by atoms with Gasteiger partial charge in [0.1, 0.15) is 0 Å². The highest BCUT2D eigenvalue weighted by Gasteiger charge is 2.27. The van der Waals surface area contributed by atoms with Crippen LogP contribution in [0, 0.1) is 5.41 Å². The molecule has 1 unspecified atom stereocenters. The second-order valence-corrected chi connectivity index (χ2v) is 5.18. The van der Waals surface area contributed by atoms with E-state index in [-0.39, 0.29) is 12.0 Å². The molecular weight excluding hydrogens is 218 g/mol. The Kier molecular flexibility index (Phi) is 5.36. The molecule has 1 fully saturated rings. The zero-order valence-electron chi connectivity index (χ0n) is 11.2. The van der Waals surface area contributed by atoms with Gasteiger partial charge < -0.3 is 15.8 Å². The summed E-state index contributed by atoms with van der Waals surface area (Å²) in [6.45, 7) is 10.4. The molecular formula is C12H25N3O2. The molecule has 0 aromatic carbocycles. The molecule has 1 amide bonds. The van der Waals surface area contributed by atoms with Gasteiger partial charge in [-0.25, -0.2) is 0 Å². The van der Waals surface area contributed by atoms with Crippen molar-refractivity contribution < 1.29 is 9.53 Å². The number of ether oxygens (including phenoxy) is 1. The van der Waals surface area contributed by atoms with Crippen LogP contribution in [-0.4, -0.2) is 56.2 Å². The summed E-state index contributed by atoms with van der Waals surface area (Å²) in [7, 11) is 0. The molecule has 17 heavy (non-hydrogen) atoms. The number of likely N-dealkylation sites (N-methyl/N-ethyl adjacent to an activating group) is 1. The summed E-state index contributed by atoms with van der Waals surface area (Å²) in [5.74, 6) is -0.00257. The van der Waals surface area contributed by atoms with Crippen molar-refractivity contribution in [3.8, 4) is 0 Å². The van der Waals surface area contributed by atoms with Crippen LogP contribution >= 0.6 is 0 Å². The maximum Gasteiger partial charge on any atom is 0.227 e. The van der Waals surface area contributed by atoms with Crippen molar-refractivity contribution in [3.63, 3.8) is 0 Å². The van der Waals surface area contributed by atoms with Gasteiger partial charge in [0.2, 0.25) is 5.91 Å². The summed E-state index contributed by atoms with van der Waals surface area (Å²) in [6, 6.07) is 0. The van der Waals surface area contributed by atoms with E-state index in [1.54, 1.807) is 0 Å². The van der Waals surface area contributed by atoms with Crippen LogP contribution < -0.4 is 11.1 Å². The van der Waals surface area contributed by atoms with Gasteiger partial charge in [-0.1, -0.05) is 6.92 Å². The molecule has 100 valence electrons. The number of nitrogens with one attached hydrogen (secondary N) is 1. The van der Waals surface area contributed by atoms with Crippen LogP contribution in [0.2, 0.25) is 0 Å². The molecule has 3 N–H and O–H groups in total. The molecule has 1 rings (SSSR count). The molecule has 1 saturated heterocycles. The minimum absolute atomic E-state index is 0.00257. The van der Waals surface area contributed by atoms with E-state index >= 15 is 0 Å². The number of morpholine rings is 1. The number of carbonyl (C=O) groups excluding carboxylic acids is 1. The van der Waals surface area contributed by atoms with Crippen molar-refractivity contribution in [2.24, 2.45) is 11.1 Å². The highest BCUT2D eigenvalue weighted by Crippen LogP contribution is 2.12. The average molecular weight is 243 g/mol. The summed E-state index contributed by atoms with van der Waals surface area (Å²) in [6.07, 6.45) is 0.0984. The second kappa shape index (κ2) is 6.33. The smallest absolute Gasteiger partial charge is 0.227 e. The number of carbonyl (C=O) groups is 1. The molecule has 1 heterocycles. The zero-order chi connectivity index (χ0) is 12.9. The first-order chi connectivity index (χ1) is 7.99. The highest BCUT2D eigenvalue weighted by atomic mass is 16.5. The summed E-state index contributed by atoms with van der Waals surface area (Å²) in [5, 5.41) is 2.92. The third-order valence-electron chi connectivity index (χ3n) is 3.29. The Hall–Kier alpha value is -0.650. The van der Waals surface area contributed by atoms with E-state index in [1.807, 2.05) is 13.8 Å². The maximum absolute atomic E-state index is 11.8. The van der Waals surface area contributed by atoms with Gasteiger partial charge in [0, 0.05) is 26.2 Å². The summed E-state index contributed by atoms with van der Waals surface area (Å²) in [5.41, 5.74) is 5.06. The molecule has 0 aliphatic carbocycles. The average Bonchev–Trinajstić information content (AvgIpc) is 2.36. The van der Waals surface area contributed by atoms with Gasteiger partial charge in [0.15, 0.2) is 0 Å². The minimum Gasteiger partial charge on any atom is -0.374 e. The van der Waals surface area contributed by atoms with Gasteiger partial charge in [-0.05, 0) is 20.4 Å². The molecule has 0 aromatic rings. The first kappa shape index (κ1) is 14.4. The van der Waals surface area contributed by atoms with Crippen LogP contribution in [-0.2, 0) is 9.53 Å². The van der Waals surface area contributed by atoms with Crippen molar-refractivity contribution in [2.45, 2.75) is 26.9 Å². The lowest BCUT2D eigenvalue weighted by Gasteiger charge is -2.32. The van der Waals surface area contributed by atoms with E-state index < -0.39 is 5.41 Å². The number of hydrogen-bond acceptors (Lipinski definition) is 4. The largest absolute Gasteiger partial charge is 0.374 e. The Morgan fingerprint density at radius 1 is 1.59 bits per heavy atom. The van der Waals surface area contributed by atoms with Crippen LogP contribution in [0.15, 0.2) is 0 Å². The van der Waals surface area contributed by atoms with Crippen molar-refractivity contribution >= 4 is 5.91 Å². The summed E-state index contributed by atoms with van der Waals surface area (Å²) >= 11 is 0. The van der Waals surface area contributed by atoms with Crippen LogP contribution in [0.25, 0.3) is 0 Å². The Morgan fingerprint density at radius 3 is 2.88 bits per heavy atom. The van der Waals surface area contributed by atoms with Gasteiger partial charge in [-0.15, -0.1) is 0 Å². The zero-order valence-corrected chi connectivity index (χ0v) is 11.2. The summed E-state index contributed by atoms with van der Waals surface area (Å²) in [4.78, 5) is 14.2. The van der Waals surface area contributed by atoms with Crippen molar-refractivity contribution in [1.29, 1.82) is 0 Å². The lowest BCUT2D eigenvalue weighted by Crippen LogP contribution is -2.50. The van der Waals surface area contributed by atoms with E-state index in [0.717, 1.165) is 26.2 Å². The van der Waals surface area contributed by atoms with Gasteiger partial charge in [0.05, 0.1) is 18.1 Å². The van der Waals surface area contributed by atoms with Gasteiger partial charge >= 0.3 is 0 Å². The van der Waals surface area contributed by atoms with Crippen LogP contribution in [0.1, 0.15) is 20.8 Å². The summed E-state index contributed by atoms with van der Waals surface area (Å²) < 4.78 is 5.62. The number of rotatable bonds is 5. The Balaban J connectivity index is 2.33. The third-order valence-corrected chi connectivity index (χ3v) is 3.29. The molecule has 0 aromatic heterocycles. The first-order valence-corrected chi connectivity index (χ1v) is 6.32. The number of nitrogens with two attached hydrogens (primary N) is 1. The van der Waals surface area contributed by atoms with E-state index in [4.69, 9.17) is 10.5 Å². The Labute approximate surface area is 104 Å². The van der Waals surface area contributed by atoms with Crippen LogP contribution in [0.5, 0.6) is 0 Å². The number of amides is 1. The molecule has 0 radical (unpaired) electrons. The molecule has 0 saturated carbocycles. The molecule has 5 heteroatoms. The van der Waals surface area contributed by atoms with Gasteiger partial charge in [-0.2, -0.15) is 0 Å². The monoisotopic (exact) mass is 243 g/mol. The molecule has 0 bridgehead atoms. The first-order valence-electron chi connectivity index (χ1n) is 6.32. The highest BCUT2D eigenvalue weighted by molar-refractivity contribution is 5.82. The van der Waals surface area contributed by atoms with Gasteiger partial charge in [0.25, 0.3) is 0 Å². The standard InChI is InChI=1S/C12H25N3O2/c1-4-15-5-6-17-10(8-15)7-14-11(16)12(2,3)9-13/h10H,4-9,13H2,1-3H3,(H,14,16). The van der Waals surface area contributed by atoms with Crippen LogP contribution in [0.4, 0.5) is 0 Å². The maximum atomic E-state index is 11.8. The quantitative estimate of drug-likeness (QED) is 0.702. The SMILES string of the molecule is CCN1CCOC(CNC(=O)C(C)(C)CN)C1. The van der Waals surface area contributed by atoms with Crippen molar-refractivity contribution in [1.82, 2.24) is 10.2 Å². The normalized spacial score (nSPS) is 22.5. The lowest BCUT2D eigenvalue weighted by atomic mass is 9.92. The van der Waals surface area contributed by atoms with E-state index in [2.05, 4.69) is 17.1 Å². The fraction of sp³-hybridized carbons (Fsp3) is 0.917. The molecule has 1 atom stereocenters. The molecule has 1 aliphatic rings. The Morgan fingerprint density at radius 2 is 2.29 bits per heavy atom. The molecule has 1 aliphatic heterocycles. The van der Waals surface area contributed by atoms with E-state index in [0.29, 0.717) is 13.1 Å². The van der Waals surface area contributed by atoms with Crippen LogP contribution in [0.3, 0.4) is 0 Å². The Bertz CT molecular complexity index is 256. The van der Waals surface area contributed by atoms with Crippen molar-refractivity contribution in [3.05, 3.63) is 0 Å². The predicted octanol–water partition coefficient (Wildman–Crippen LogP) is -0.192. The lowest BCUT2D eigenvalue weighted by molar-refractivity contribution is -0.130.